The van der Waals surface area contributed by atoms with E-state index in [9.17, 15) is 18.4 Å². The minimum absolute atomic E-state index is 0.148. The van der Waals surface area contributed by atoms with Crippen LogP contribution in [0.25, 0.3) is 0 Å². The van der Waals surface area contributed by atoms with Crippen molar-refractivity contribution in [2.24, 2.45) is 0 Å². The van der Waals surface area contributed by atoms with E-state index in [0.29, 0.717) is 6.42 Å². The number of rotatable bonds is 4. The maximum Gasteiger partial charge on any atom is 0.269 e. The molecule has 0 aliphatic rings. The fourth-order valence-electron chi connectivity index (χ4n) is 1.77. The summed E-state index contributed by atoms with van der Waals surface area (Å²) in [6.07, 6.45) is 0.577. The van der Waals surface area contributed by atoms with Gasteiger partial charge in [0.1, 0.15) is 11.6 Å². The van der Waals surface area contributed by atoms with E-state index in [-0.39, 0.29) is 23.7 Å². The van der Waals surface area contributed by atoms with Crippen LogP contribution in [0, 0.1) is 11.6 Å². The molecule has 0 fully saturated rings. The number of amides is 2. The molecule has 0 bridgehead atoms. The van der Waals surface area contributed by atoms with Crippen molar-refractivity contribution in [2.75, 3.05) is 0 Å². The molecule has 0 saturated carbocycles. The van der Waals surface area contributed by atoms with Crippen molar-refractivity contribution >= 4 is 11.8 Å². The largest absolute Gasteiger partial charge is 0.273 e. The Balaban J connectivity index is 1.76. The molecule has 2 aromatic rings. The lowest BCUT2D eigenvalue weighted by Gasteiger charge is -2.07. The van der Waals surface area contributed by atoms with Gasteiger partial charge in [-0.3, -0.25) is 20.4 Å². The van der Waals surface area contributed by atoms with Crippen molar-refractivity contribution in [2.45, 2.75) is 12.8 Å². The lowest BCUT2D eigenvalue weighted by atomic mass is 10.1. The molecule has 0 saturated heterocycles. The second-order valence-corrected chi connectivity index (χ2v) is 4.64. The molecule has 0 radical (unpaired) electrons. The number of hydrogen-bond donors (Lipinski definition) is 2. The highest BCUT2D eigenvalue weighted by Crippen LogP contribution is 2.05. The zero-order chi connectivity index (χ0) is 15.9. The van der Waals surface area contributed by atoms with Gasteiger partial charge in [0.05, 0.1) is 0 Å². The van der Waals surface area contributed by atoms with Crippen LogP contribution in [0.2, 0.25) is 0 Å². The molecule has 0 unspecified atom stereocenters. The Hall–Kier alpha value is -2.76. The topological polar surface area (TPSA) is 58.2 Å². The predicted molar refractivity (Wildman–Crippen MR) is 76.7 cm³/mol. The highest BCUT2D eigenvalue weighted by Gasteiger charge is 2.07. The van der Waals surface area contributed by atoms with Crippen molar-refractivity contribution < 1.29 is 18.4 Å². The fourth-order valence-corrected chi connectivity index (χ4v) is 1.77. The maximum absolute atomic E-state index is 12.7. The van der Waals surface area contributed by atoms with E-state index in [1.807, 2.05) is 0 Å². The van der Waals surface area contributed by atoms with Gasteiger partial charge < -0.3 is 0 Å². The highest BCUT2D eigenvalue weighted by atomic mass is 19.1. The summed E-state index contributed by atoms with van der Waals surface area (Å²) in [6, 6.07) is 10.8. The summed E-state index contributed by atoms with van der Waals surface area (Å²) in [5, 5.41) is 0. The van der Waals surface area contributed by atoms with Gasteiger partial charge in [-0.15, -0.1) is 0 Å². The fraction of sp³-hybridized carbons (Fsp3) is 0.125. The van der Waals surface area contributed by atoms with Gasteiger partial charge in [-0.05, 0) is 48.4 Å². The number of hydrogen-bond acceptors (Lipinski definition) is 2. The van der Waals surface area contributed by atoms with Gasteiger partial charge in [0.25, 0.3) is 5.91 Å². The zero-order valence-corrected chi connectivity index (χ0v) is 11.6. The summed E-state index contributed by atoms with van der Waals surface area (Å²) in [5.41, 5.74) is 5.57. The van der Waals surface area contributed by atoms with Crippen LogP contribution in [-0.2, 0) is 11.2 Å². The van der Waals surface area contributed by atoms with Gasteiger partial charge >= 0.3 is 0 Å². The van der Waals surface area contributed by atoms with Crippen LogP contribution in [0.4, 0.5) is 8.78 Å². The molecule has 0 aliphatic carbocycles. The minimum atomic E-state index is -0.532. The molecule has 114 valence electrons. The normalized spacial score (nSPS) is 10.1. The lowest BCUT2D eigenvalue weighted by Crippen LogP contribution is -2.41. The lowest BCUT2D eigenvalue weighted by molar-refractivity contribution is -0.121. The summed E-state index contributed by atoms with van der Waals surface area (Å²) >= 11 is 0. The van der Waals surface area contributed by atoms with Crippen molar-refractivity contribution in [3.63, 3.8) is 0 Å². The van der Waals surface area contributed by atoms with E-state index < -0.39 is 11.7 Å². The molecular formula is C16H14F2N2O2. The quantitative estimate of drug-likeness (QED) is 0.852. The second kappa shape index (κ2) is 7.31. The predicted octanol–water partition coefficient (Wildman–Crippen LogP) is 2.36. The van der Waals surface area contributed by atoms with Gasteiger partial charge in [0.15, 0.2) is 0 Å². The van der Waals surface area contributed by atoms with Crippen molar-refractivity contribution in [1.29, 1.82) is 0 Å². The van der Waals surface area contributed by atoms with Gasteiger partial charge in [-0.2, -0.15) is 0 Å². The smallest absolute Gasteiger partial charge is 0.269 e. The Morgan fingerprint density at radius 3 is 1.95 bits per heavy atom. The molecule has 0 heterocycles. The summed E-state index contributed by atoms with van der Waals surface area (Å²) in [6.45, 7) is 0. The molecule has 0 aromatic heterocycles. The van der Waals surface area contributed by atoms with E-state index in [2.05, 4.69) is 10.9 Å². The molecule has 22 heavy (non-hydrogen) atoms. The summed E-state index contributed by atoms with van der Waals surface area (Å²) < 4.78 is 25.5. The van der Waals surface area contributed by atoms with Crippen LogP contribution in [-0.4, -0.2) is 11.8 Å². The Bertz CT molecular complexity index is 655. The summed E-state index contributed by atoms with van der Waals surface area (Å²) in [7, 11) is 0. The molecule has 0 atom stereocenters. The Kier molecular flexibility index (Phi) is 5.19. The Morgan fingerprint density at radius 2 is 1.36 bits per heavy atom. The number of carbonyl (C=O) groups excluding carboxylic acids is 2. The van der Waals surface area contributed by atoms with Crippen LogP contribution < -0.4 is 10.9 Å². The first-order chi connectivity index (χ1) is 10.5. The molecular weight excluding hydrogens is 290 g/mol. The van der Waals surface area contributed by atoms with E-state index >= 15 is 0 Å². The SMILES string of the molecule is O=C(CCc1ccc(F)cc1)NNC(=O)c1ccc(F)cc1. The van der Waals surface area contributed by atoms with Crippen LogP contribution in [0.3, 0.4) is 0 Å². The molecule has 2 amide bonds. The second-order valence-electron chi connectivity index (χ2n) is 4.64. The number of carbonyl (C=O) groups is 2. The average Bonchev–Trinajstić information content (AvgIpc) is 2.52. The highest BCUT2D eigenvalue weighted by molar-refractivity contribution is 5.95. The summed E-state index contributed by atoms with van der Waals surface area (Å²) in [4.78, 5) is 23.3. The molecule has 2 aromatic carbocycles. The monoisotopic (exact) mass is 304 g/mol. The van der Waals surface area contributed by atoms with E-state index in [1.165, 1.54) is 24.3 Å². The number of hydrazine groups is 1. The number of halogens is 2. The number of benzene rings is 2. The van der Waals surface area contributed by atoms with E-state index in [4.69, 9.17) is 0 Å². The maximum atomic E-state index is 12.7. The summed E-state index contributed by atoms with van der Waals surface area (Å²) in [5.74, 6) is -1.69. The average molecular weight is 304 g/mol. The molecule has 2 N–H and O–H groups in total. The van der Waals surface area contributed by atoms with E-state index in [0.717, 1.165) is 17.7 Å². The van der Waals surface area contributed by atoms with Crippen molar-refractivity contribution in [3.05, 3.63) is 71.3 Å². The minimum Gasteiger partial charge on any atom is -0.273 e. The van der Waals surface area contributed by atoms with Crippen LogP contribution in [0.15, 0.2) is 48.5 Å². The molecule has 0 spiro atoms. The first-order valence-corrected chi connectivity index (χ1v) is 6.64. The van der Waals surface area contributed by atoms with Gasteiger partial charge in [0, 0.05) is 12.0 Å². The number of nitrogens with one attached hydrogen (secondary N) is 2. The molecule has 6 heteroatoms. The first-order valence-electron chi connectivity index (χ1n) is 6.64. The first kappa shape index (κ1) is 15.6. The van der Waals surface area contributed by atoms with Crippen LogP contribution >= 0.6 is 0 Å². The van der Waals surface area contributed by atoms with Crippen LogP contribution in [0.5, 0.6) is 0 Å². The van der Waals surface area contributed by atoms with E-state index in [1.54, 1.807) is 12.1 Å². The Morgan fingerprint density at radius 1 is 0.818 bits per heavy atom. The zero-order valence-electron chi connectivity index (χ0n) is 11.6. The number of aryl methyl sites for hydroxylation is 1. The van der Waals surface area contributed by atoms with Crippen molar-refractivity contribution in [3.8, 4) is 0 Å². The third kappa shape index (κ3) is 4.66. The third-order valence-corrected chi connectivity index (χ3v) is 2.98. The molecule has 0 aliphatic heterocycles. The van der Waals surface area contributed by atoms with Gasteiger partial charge in [-0.1, -0.05) is 12.1 Å². The Labute approximate surface area is 126 Å². The van der Waals surface area contributed by atoms with Gasteiger partial charge in [0.2, 0.25) is 5.91 Å². The molecule has 2 rings (SSSR count). The molecule has 4 nitrogen and oxygen atoms in total. The standard InChI is InChI=1S/C16H14F2N2O2/c17-13-6-1-11(2-7-13)3-10-15(21)19-20-16(22)12-4-8-14(18)9-5-12/h1-2,4-9H,3,10H2,(H,19,21)(H,20,22). The van der Waals surface area contributed by atoms with Gasteiger partial charge in [-0.25, -0.2) is 8.78 Å². The van der Waals surface area contributed by atoms with Crippen LogP contribution in [0.1, 0.15) is 22.3 Å². The third-order valence-electron chi connectivity index (χ3n) is 2.98. The van der Waals surface area contributed by atoms with Crippen molar-refractivity contribution in [1.82, 2.24) is 10.9 Å².